The van der Waals surface area contributed by atoms with Crippen LogP contribution in [0.3, 0.4) is 0 Å². The van der Waals surface area contributed by atoms with Crippen molar-refractivity contribution in [3.8, 4) is 0 Å². The first kappa shape index (κ1) is 14.5. The van der Waals surface area contributed by atoms with E-state index in [9.17, 15) is 13.2 Å². The Labute approximate surface area is 121 Å². The van der Waals surface area contributed by atoms with E-state index >= 15 is 0 Å². The Bertz CT molecular complexity index is 788. The molecular formula is C13H11ClN2O3S. The van der Waals surface area contributed by atoms with Crippen LogP contribution in [0.1, 0.15) is 15.9 Å². The summed E-state index contributed by atoms with van der Waals surface area (Å²) in [6, 6.07) is 9.95. The quantitative estimate of drug-likeness (QED) is 0.666. The Kier molecular flexibility index (Phi) is 3.80. The molecule has 0 bridgehead atoms. The molecule has 104 valence electrons. The normalized spacial score (nSPS) is 11.3. The molecule has 0 amide bonds. The molecule has 0 fully saturated rings. The summed E-state index contributed by atoms with van der Waals surface area (Å²) in [7, 11) is -3.87. The summed E-state index contributed by atoms with van der Waals surface area (Å²) in [6.07, 6.45) is 0. The van der Waals surface area contributed by atoms with Crippen molar-refractivity contribution in [1.82, 2.24) is 0 Å². The Morgan fingerprint density at radius 1 is 1.10 bits per heavy atom. The van der Waals surface area contributed by atoms with Gasteiger partial charge in [0.25, 0.3) is 0 Å². The van der Waals surface area contributed by atoms with Crippen molar-refractivity contribution < 1.29 is 13.2 Å². The molecule has 0 radical (unpaired) electrons. The number of primary sulfonamides is 1. The number of carbonyl (C=O) groups is 1. The largest absolute Gasteiger partial charge is 0.398 e. The zero-order valence-corrected chi connectivity index (χ0v) is 11.8. The molecule has 4 N–H and O–H groups in total. The van der Waals surface area contributed by atoms with E-state index in [0.717, 1.165) is 0 Å². The molecule has 2 aromatic rings. The molecule has 7 heteroatoms. The fourth-order valence-electron chi connectivity index (χ4n) is 1.69. The number of hydrogen-bond donors (Lipinski definition) is 2. The van der Waals surface area contributed by atoms with E-state index in [1.54, 1.807) is 6.07 Å². The molecule has 0 aromatic heterocycles. The minimum absolute atomic E-state index is 0.135. The molecule has 0 aliphatic rings. The van der Waals surface area contributed by atoms with Crippen molar-refractivity contribution in [2.75, 3.05) is 5.73 Å². The lowest BCUT2D eigenvalue weighted by atomic mass is 10.0. The highest BCUT2D eigenvalue weighted by atomic mass is 35.5. The van der Waals surface area contributed by atoms with Crippen LogP contribution < -0.4 is 10.9 Å². The van der Waals surface area contributed by atoms with Crippen molar-refractivity contribution in [2.45, 2.75) is 4.90 Å². The number of rotatable bonds is 3. The van der Waals surface area contributed by atoms with Gasteiger partial charge in [0.05, 0.1) is 4.90 Å². The highest BCUT2D eigenvalue weighted by molar-refractivity contribution is 7.89. The van der Waals surface area contributed by atoms with E-state index in [-0.39, 0.29) is 21.7 Å². The number of sulfonamides is 1. The van der Waals surface area contributed by atoms with E-state index in [0.29, 0.717) is 5.02 Å². The highest BCUT2D eigenvalue weighted by Gasteiger charge is 2.16. The average Bonchev–Trinajstić information content (AvgIpc) is 2.40. The average molecular weight is 311 g/mol. The van der Waals surface area contributed by atoms with E-state index in [4.69, 9.17) is 22.5 Å². The number of benzene rings is 2. The Morgan fingerprint density at radius 3 is 2.45 bits per heavy atom. The number of carbonyl (C=O) groups excluding carboxylic acids is 1. The molecule has 2 aromatic carbocycles. The molecule has 2 rings (SSSR count). The van der Waals surface area contributed by atoms with Crippen LogP contribution in [0.5, 0.6) is 0 Å². The van der Waals surface area contributed by atoms with Crippen LogP contribution in [-0.4, -0.2) is 14.2 Å². The topological polar surface area (TPSA) is 103 Å². The second-order valence-corrected chi connectivity index (χ2v) is 6.13. The Hall–Kier alpha value is -1.89. The van der Waals surface area contributed by atoms with Gasteiger partial charge in [-0.2, -0.15) is 0 Å². The molecule has 0 atom stereocenters. The van der Waals surface area contributed by atoms with Crippen LogP contribution in [0.4, 0.5) is 5.69 Å². The molecule has 0 saturated heterocycles. The SMILES string of the molecule is Nc1ccc(Cl)cc1C(=O)c1cccc(S(N)(=O)=O)c1. The summed E-state index contributed by atoms with van der Waals surface area (Å²) in [5, 5.41) is 5.40. The first-order valence-electron chi connectivity index (χ1n) is 5.51. The number of halogens is 1. The summed E-state index contributed by atoms with van der Waals surface area (Å²) in [5.74, 6) is -0.421. The molecule has 0 heterocycles. The number of anilines is 1. The lowest BCUT2D eigenvalue weighted by molar-refractivity contribution is 0.103. The van der Waals surface area contributed by atoms with Crippen LogP contribution >= 0.6 is 11.6 Å². The van der Waals surface area contributed by atoms with Gasteiger partial charge in [-0.25, -0.2) is 13.6 Å². The van der Waals surface area contributed by atoms with Gasteiger partial charge in [0.2, 0.25) is 10.0 Å². The molecule has 0 spiro atoms. The molecular weight excluding hydrogens is 300 g/mol. The van der Waals surface area contributed by atoms with Crippen molar-refractivity contribution in [3.63, 3.8) is 0 Å². The number of nitrogen functional groups attached to an aromatic ring is 1. The number of ketones is 1. The van der Waals surface area contributed by atoms with Gasteiger partial charge in [0.1, 0.15) is 0 Å². The van der Waals surface area contributed by atoms with Crippen molar-refractivity contribution in [2.24, 2.45) is 5.14 Å². The van der Waals surface area contributed by atoms with E-state index in [1.165, 1.54) is 36.4 Å². The maximum atomic E-state index is 12.3. The molecule has 0 unspecified atom stereocenters. The Balaban J connectivity index is 2.52. The zero-order chi connectivity index (χ0) is 14.9. The first-order chi connectivity index (χ1) is 9.29. The summed E-state index contributed by atoms with van der Waals surface area (Å²) >= 11 is 5.83. The zero-order valence-electron chi connectivity index (χ0n) is 10.2. The maximum absolute atomic E-state index is 12.3. The van der Waals surface area contributed by atoms with Gasteiger partial charge in [0.15, 0.2) is 5.78 Å². The van der Waals surface area contributed by atoms with Gasteiger partial charge in [-0.05, 0) is 30.3 Å². The molecule has 20 heavy (non-hydrogen) atoms. The predicted octanol–water partition coefficient (Wildman–Crippen LogP) is 1.80. The monoisotopic (exact) mass is 310 g/mol. The minimum Gasteiger partial charge on any atom is -0.398 e. The fraction of sp³-hybridized carbons (Fsp3) is 0. The van der Waals surface area contributed by atoms with Crippen molar-refractivity contribution in [1.29, 1.82) is 0 Å². The van der Waals surface area contributed by atoms with E-state index in [1.807, 2.05) is 0 Å². The van der Waals surface area contributed by atoms with Gasteiger partial charge in [0, 0.05) is 21.8 Å². The van der Waals surface area contributed by atoms with Gasteiger partial charge < -0.3 is 5.73 Å². The predicted molar refractivity (Wildman–Crippen MR) is 77.1 cm³/mol. The number of nitrogens with two attached hydrogens (primary N) is 2. The third-order valence-electron chi connectivity index (χ3n) is 2.68. The maximum Gasteiger partial charge on any atom is 0.238 e. The lowest BCUT2D eigenvalue weighted by Crippen LogP contribution is -2.13. The second kappa shape index (κ2) is 5.24. The smallest absolute Gasteiger partial charge is 0.238 e. The summed E-state index contributed by atoms with van der Waals surface area (Å²) in [4.78, 5) is 12.2. The van der Waals surface area contributed by atoms with Gasteiger partial charge in [-0.3, -0.25) is 4.79 Å². The first-order valence-corrected chi connectivity index (χ1v) is 7.44. The van der Waals surface area contributed by atoms with E-state index < -0.39 is 15.8 Å². The van der Waals surface area contributed by atoms with Crippen molar-refractivity contribution >= 4 is 33.1 Å². The van der Waals surface area contributed by atoms with Gasteiger partial charge in [-0.15, -0.1) is 0 Å². The van der Waals surface area contributed by atoms with Gasteiger partial charge >= 0.3 is 0 Å². The Morgan fingerprint density at radius 2 is 1.80 bits per heavy atom. The fourth-order valence-corrected chi connectivity index (χ4v) is 2.43. The minimum atomic E-state index is -3.87. The van der Waals surface area contributed by atoms with Crippen molar-refractivity contribution in [3.05, 3.63) is 58.6 Å². The third kappa shape index (κ3) is 2.98. The van der Waals surface area contributed by atoms with Gasteiger partial charge in [-0.1, -0.05) is 23.7 Å². The molecule has 5 nitrogen and oxygen atoms in total. The summed E-state index contributed by atoms with van der Waals surface area (Å²) in [5.41, 5.74) is 6.38. The van der Waals surface area contributed by atoms with Crippen LogP contribution in [-0.2, 0) is 10.0 Å². The summed E-state index contributed by atoms with van der Waals surface area (Å²) in [6.45, 7) is 0. The van der Waals surface area contributed by atoms with Crippen LogP contribution in [0.25, 0.3) is 0 Å². The lowest BCUT2D eigenvalue weighted by Gasteiger charge is -2.06. The standard InChI is InChI=1S/C13H11ClN2O3S/c14-9-4-5-12(15)11(7-9)13(17)8-2-1-3-10(6-8)20(16,18)19/h1-7H,15H2,(H2,16,18,19). The van der Waals surface area contributed by atoms with Crippen LogP contribution in [0.15, 0.2) is 47.4 Å². The number of hydrogen-bond acceptors (Lipinski definition) is 4. The summed E-state index contributed by atoms with van der Waals surface area (Å²) < 4.78 is 22.6. The molecule has 0 saturated carbocycles. The third-order valence-corrected chi connectivity index (χ3v) is 3.83. The highest BCUT2D eigenvalue weighted by Crippen LogP contribution is 2.22. The molecule has 0 aliphatic heterocycles. The van der Waals surface area contributed by atoms with Crippen LogP contribution in [0.2, 0.25) is 5.02 Å². The second-order valence-electron chi connectivity index (χ2n) is 4.13. The van der Waals surface area contributed by atoms with Crippen LogP contribution in [0, 0.1) is 0 Å². The molecule has 0 aliphatic carbocycles. The van der Waals surface area contributed by atoms with E-state index in [2.05, 4.69) is 0 Å².